The van der Waals surface area contributed by atoms with Crippen LogP contribution in [0.4, 0.5) is 0 Å². The molecular weight excluding hydrogens is 720 g/mol. The smallest absolute Gasteiger partial charge is 0.330 e. The Morgan fingerprint density at radius 2 is 1.35 bits per heavy atom. The Balaban J connectivity index is 1.24. The molecule has 0 bridgehead atoms. The van der Waals surface area contributed by atoms with Crippen LogP contribution in [-0.2, 0) is 23.7 Å². The first-order valence-electron chi connectivity index (χ1n) is 16.5. The Bertz CT molecular complexity index is 1860. The van der Waals surface area contributed by atoms with E-state index in [9.17, 15) is 61.0 Å². The Kier molecular flexibility index (Phi) is 11.5. The van der Waals surface area contributed by atoms with Gasteiger partial charge in [0.05, 0.1) is 12.2 Å². The highest BCUT2D eigenvalue weighted by Gasteiger charge is 2.47. The van der Waals surface area contributed by atoms with Gasteiger partial charge in [0.15, 0.2) is 17.6 Å². The molecule has 2 saturated heterocycles. The highest BCUT2D eigenvalue weighted by atomic mass is 16.7. The number of carbonyl (C=O) groups is 1. The van der Waals surface area contributed by atoms with Gasteiger partial charge < -0.3 is 84.6 Å². The number of esters is 1. The second kappa shape index (κ2) is 16.1. The van der Waals surface area contributed by atoms with Gasteiger partial charge in [0.1, 0.15) is 84.2 Å². The Morgan fingerprint density at radius 3 is 2.02 bits per heavy atom. The fourth-order valence-corrected chi connectivity index (χ4v) is 5.90. The first-order chi connectivity index (χ1) is 25.7. The summed E-state index contributed by atoms with van der Waals surface area (Å²) in [6, 6.07) is 11.9. The molecule has 3 aromatic rings. The standard InChI is InChI=1S/C36H38O18/c37-13-25-28(43)30(45)32(47)36(53-25)52-24-12-19-22(50-34(24)16-3-5-17(38)6-4-16)10-18(39)11-23(19)51-35-33(48)31(46)29(44)26(54-35)14-49-27(42)8-2-15-1-7-20(40)21(41)9-15/h1-12,25-26,28-41,43-48H,13-14H2. The van der Waals surface area contributed by atoms with Crippen LogP contribution in [0.2, 0.25) is 0 Å². The summed E-state index contributed by atoms with van der Waals surface area (Å²) in [7, 11) is 0. The fourth-order valence-electron chi connectivity index (χ4n) is 5.90. The van der Waals surface area contributed by atoms with Gasteiger partial charge in [-0.1, -0.05) is 18.2 Å². The van der Waals surface area contributed by atoms with Crippen molar-refractivity contribution in [2.75, 3.05) is 13.2 Å². The topological polar surface area (TPSA) is 295 Å². The van der Waals surface area contributed by atoms with Crippen LogP contribution in [0, 0.1) is 0 Å². The van der Waals surface area contributed by atoms with Gasteiger partial charge in [-0.3, -0.25) is 0 Å². The molecule has 11 unspecified atom stereocenters. The zero-order valence-electron chi connectivity index (χ0n) is 28.0. The monoisotopic (exact) mass is 758 g/mol. The Morgan fingerprint density at radius 1 is 0.704 bits per heavy atom. The summed E-state index contributed by atoms with van der Waals surface area (Å²) in [6.07, 6.45) is -14.4. The van der Waals surface area contributed by atoms with Crippen LogP contribution >= 0.6 is 0 Å². The number of aromatic hydroxyl groups is 4. The van der Waals surface area contributed by atoms with Gasteiger partial charge in [-0.05, 0) is 42.0 Å². The van der Waals surface area contributed by atoms with E-state index < -0.39 is 92.4 Å². The zero-order chi connectivity index (χ0) is 38.8. The van der Waals surface area contributed by atoms with E-state index in [1.54, 1.807) is 0 Å². The normalized spacial score (nSPS) is 30.9. The lowest BCUT2D eigenvalue weighted by Gasteiger charge is -2.41. The maximum atomic E-state index is 12.4. The minimum atomic E-state index is -1.88. The van der Waals surface area contributed by atoms with Crippen molar-refractivity contribution >= 4 is 18.1 Å². The van der Waals surface area contributed by atoms with Gasteiger partial charge in [0, 0.05) is 23.8 Å². The van der Waals surface area contributed by atoms with Crippen LogP contribution in [0.5, 0.6) is 34.5 Å². The quantitative estimate of drug-likeness (QED) is 0.0688. The van der Waals surface area contributed by atoms with E-state index in [2.05, 4.69) is 0 Å². The summed E-state index contributed by atoms with van der Waals surface area (Å²) in [5, 5.41) is 113. The lowest BCUT2D eigenvalue weighted by atomic mass is 9.98. The molecule has 0 amide bonds. The molecule has 0 aromatic heterocycles. The molecule has 0 saturated carbocycles. The number of phenols is 4. The van der Waals surface area contributed by atoms with E-state index in [1.165, 1.54) is 60.7 Å². The third-order valence-corrected chi connectivity index (χ3v) is 8.89. The molecule has 6 rings (SSSR count). The van der Waals surface area contributed by atoms with Crippen LogP contribution in [0.25, 0.3) is 12.2 Å². The number of carbonyl (C=O) groups excluding carboxylic acids is 1. The van der Waals surface area contributed by atoms with E-state index >= 15 is 0 Å². The summed E-state index contributed by atoms with van der Waals surface area (Å²) in [5.41, 5.74) is 0.815. The number of aliphatic hydroxyl groups is 7. The summed E-state index contributed by atoms with van der Waals surface area (Å²) in [5.74, 6) is -2.43. The molecule has 3 heterocycles. The van der Waals surface area contributed by atoms with Crippen molar-refractivity contribution in [1.82, 2.24) is 0 Å². The number of rotatable bonds is 10. The molecule has 11 N–H and O–H groups in total. The molecule has 0 aliphatic carbocycles. The Hall–Kier alpha value is -5.15. The molecule has 54 heavy (non-hydrogen) atoms. The van der Waals surface area contributed by atoms with Crippen molar-refractivity contribution < 1.29 is 89.4 Å². The number of phenolic OH excluding ortho intramolecular Hbond substituents is 4. The minimum Gasteiger partial charge on any atom is -0.508 e. The molecule has 18 heteroatoms. The van der Waals surface area contributed by atoms with Crippen LogP contribution in [0.1, 0.15) is 22.8 Å². The van der Waals surface area contributed by atoms with Gasteiger partial charge in [-0.25, -0.2) is 4.79 Å². The van der Waals surface area contributed by atoms with Crippen molar-refractivity contribution in [2.24, 2.45) is 0 Å². The third-order valence-electron chi connectivity index (χ3n) is 8.89. The van der Waals surface area contributed by atoms with Gasteiger partial charge in [-0.15, -0.1) is 0 Å². The SMILES string of the molecule is O=C(C=Cc1ccc(O)c(O)c1)OCC1OC(Oc2cc(O)cc3c2C=C(OC2OC(CO)C(O)C(O)C2O)C(c2ccc(O)cc2)O3)C(O)C(O)C1O. The largest absolute Gasteiger partial charge is 0.508 e. The van der Waals surface area contributed by atoms with Crippen LogP contribution in [-0.4, -0.2) is 137 Å². The maximum absolute atomic E-state index is 12.4. The molecule has 290 valence electrons. The predicted molar refractivity (Wildman–Crippen MR) is 179 cm³/mol. The lowest BCUT2D eigenvalue weighted by molar-refractivity contribution is -0.293. The first-order valence-corrected chi connectivity index (χ1v) is 16.5. The number of aliphatic hydroxyl groups excluding tert-OH is 7. The van der Waals surface area contributed by atoms with Gasteiger partial charge in [-0.2, -0.15) is 0 Å². The number of benzene rings is 3. The molecule has 18 nitrogen and oxygen atoms in total. The summed E-state index contributed by atoms with van der Waals surface area (Å²) >= 11 is 0. The molecular formula is C36H38O18. The first kappa shape index (κ1) is 38.6. The number of hydrogen-bond donors (Lipinski definition) is 11. The van der Waals surface area contributed by atoms with E-state index in [4.69, 9.17) is 28.4 Å². The zero-order valence-corrected chi connectivity index (χ0v) is 28.0. The molecule has 2 fully saturated rings. The molecule has 3 aromatic carbocycles. The van der Waals surface area contributed by atoms with E-state index in [-0.39, 0.29) is 40.1 Å². The Labute approximate surface area is 305 Å². The second-order valence-electron chi connectivity index (χ2n) is 12.7. The van der Waals surface area contributed by atoms with E-state index in [0.29, 0.717) is 11.1 Å². The van der Waals surface area contributed by atoms with Crippen molar-refractivity contribution in [3.05, 3.63) is 83.1 Å². The number of ether oxygens (including phenoxy) is 6. The molecule has 0 spiro atoms. The van der Waals surface area contributed by atoms with Crippen molar-refractivity contribution in [1.29, 1.82) is 0 Å². The predicted octanol–water partition coefficient (Wildman–Crippen LogP) is -0.757. The van der Waals surface area contributed by atoms with Crippen LogP contribution in [0.3, 0.4) is 0 Å². The van der Waals surface area contributed by atoms with Gasteiger partial charge in [0.25, 0.3) is 0 Å². The number of hydrogen-bond acceptors (Lipinski definition) is 18. The molecule has 3 aliphatic rings. The van der Waals surface area contributed by atoms with Crippen molar-refractivity contribution in [3.63, 3.8) is 0 Å². The molecule has 3 aliphatic heterocycles. The minimum absolute atomic E-state index is 0.00525. The number of fused-ring (bicyclic) bond motifs is 1. The molecule has 0 radical (unpaired) electrons. The highest BCUT2D eigenvalue weighted by molar-refractivity contribution is 5.87. The summed E-state index contributed by atoms with van der Waals surface area (Å²) in [4.78, 5) is 12.4. The van der Waals surface area contributed by atoms with Crippen LogP contribution < -0.4 is 9.47 Å². The van der Waals surface area contributed by atoms with Crippen molar-refractivity contribution in [3.8, 4) is 34.5 Å². The highest BCUT2D eigenvalue weighted by Crippen LogP contribution is 2.46. The summed E-state index contributed by atoms with van der Waals surface area (Å²) < 4.78 is 34.4. The van der Waals surface area contributed by atoms with Crippen LogP contribution in [0.15, 0.2) is 66.4 Å². The average Bonchev–Trinajstić information content (AvgIpc) is 3.15. The van der Waals surface area contributed by atoms with Crippen molar-refractivity contribution in [2.45, 2.75) is 67.5 Å². The van der Waals surface area contributed by atoms with Gasteiger partial charge in [0.2, 0.25) is 12.6 Å². The fraction of sp³-hybridized carbons (Fsp3) is 0.361. The van der Waals surface area contributed by atoms with E-state index in [0.717, 1.165) is 12.1 Å². The maximum Gasteiger partial charge on any atom is 0.330 e. The lowest BCUT2D eigenvalue weighted by Crippen LogP contribution is -2.60. The second-order valence-corrected chi connectivity index (χ2v) is 12.7. The summed E-state index contributed by atoms with van der Waals surface area (Å²) in [6.45, 7) is -1.35. The molecule has 11 atom stereocenters. The van der Waals surface area contributed by atoms with Gasteiger partial charge >= 0.3 is 5.97 Å². The van der Waals surface area contributed by atoms with E-state index in [1.807, 2.05) is 0 Å². The third kappa shape index (κ3) is 8.16. The average molecular weight is 759 g/mol.